The quantitative estimate of drug-likeness (QED) is 0.392. The average Bonchev–Trinajstić information content (AvgIpc) is 2.57. The van der Waals surface area contributed by atoms with Crippen molar-refractivity contribution in [1.29, 1.82) is 0 Å². The maximum Gasteiger partial charge on any atom is 0.339 e. The molecular weight excluding hydrogens is 392 g/mol. The standard InChI is InChI=1S/C18H15BrO4S/c1-12(20)11-24-17-8-3-2-7-15(17)18(22)23-10-16(21)13-5-4-6-14(19)9-13/h2-9H,10-11H2,1H3. The summed E-state index contributed by atoms with van der Waals surface area (Å²) in [5, 5.41) is 0. The molecule has 0 saturated carbocycles. The molecule has 0 fully saturated rings. The van der Waals surface area contributed by atoms with Gasteiger partial charge in [-0.25, -0.2) is 4.79 Å². The van der Waals surface area contributed by atoms with Crippen LogP contribution in [-0.2, 0) is 9.53 Å². The van der Waals surface area contributed by atoms with Crippen LogP contribution in [0.15, 0.2) is 57.9 Å². The van der Waals surface area contributed by atoms with Crippen molar-refractivity contribution in [2.75, 3.05) is 12.4 Å². The van der Waals surface area contributed by atoms with Crippen LogP contribution in [0.25, 0.3) is 0 Å². The van der Waals surface area contributed by atoms with E-state index in [1.807, 2.05) is 6.07 Å². The molecule has 6 heteroatoms. The van der Waals surface area contributed by atoms with Crippen molar-refractivity contribution in [2.45, 2.75) is 11.8 Å². The first-order chi connectivity index (χ1) is 11.5. The Morgan fingerprint density at radius 2 is 1.83 bits per heavy atom. The molecule has 0 aliphatic rings. The van der Waals surface area contributed by atoms with Gasteiger partial charge in [0.2, 0.25) is 0 Å². The molecule has 0 unspecified atom stereocenters. The van der Waals surface area contributed by atoms with Crippen LogP contribution in [0.5, 0.6) is 0 Å². The van der Waals surface area contributed by atoms with Crippen LogP contribution in [0, 0.1) is 0 Å². The molecule has 0 spiro atoms. The van der Waals surface area contributed by atoms with Gasteiger partial charge in [-0.1, -0.05) is 40.2 Å². The molecule has 4 nitrogen and oxygen atoms in total. The molecule has 0 atom stereocenters. The second-order valence-corrected chi connectivity index (χ2v) is 6.93. The minimum atomic E-state index is -0.579. The van der Waals surface area contributed by atoms with Gasteiger partial charge in [0.25, 0.3) is 0 Å². The molecule has 0 aliphatic carbocycles. The fourth-order valence-electron chi connectivity index (χ4n) is 1.89. The lowest BCUT2D eigenvalue weighted by atomic mass is 10.1. The van der Waals surface area contributed by atoms with E-state index >= 15 is 0 Å². The number of ether oxygens (including phenoxy) is 1. The molecule has 0 bridgehead atoms. The van der Waals surface area contributed by atoms with Crippen molar-refractivity contribution in [2.24, 2.45) is 0 Å². The number of carbonyl (C=O) groups is 3. The molecule has 2 aromatic rings. The van der Waals surface area contributed by atoms with Crippen molar-refractivity contribution in [3.63, 3.8) is 0 Å². The summed E-state index contributed by atoms with van der Waals surface area (Å²) in [6.45, 7) is 1.16. The van der Waals surface area contributed by atoms with E-state index in [2.05, 4.69) is 15.9 Å². The lowest BCUT2D eigenvalue weighted by Gasteiger charge is -2.08. The van der Waals surface area contributed by atoms with Gasteiger partial charge in [-0.3, -0.25) is 9.59 Å². The zero-order chi connectivity index (χ0) is 17.5. The molecule has 2 rings (SSSR count). The number of thioether (sulfide) groups is 1. The molecule has 0 saturated heterocycles. The van der Waals surface area contributed by atoms with Gasteiger partial charge >= 0.3 is 5.97 Å². The highest BCUT2D eigenvalue weighted by atomic mass is 79.9. The third kappa shape index (κ3) is 5.32. The number of carbonyl (C=O) groups excluding carboxylic acids is 3. The minimum Gasteiger partial charge on any atom is -0.454 e. The van der Waals surface area contributed by atoms with Crippen LogP contribution in [0.2, 0.25) is 0 Å². The van der Waals surface area contributed by atoms with Crippen LogP contribution < -0.4 is 0 Å². The minimum absolute atomic E-state index is 0.0213. The zero-order valence-electron chi connectivity index (χ0n) is 13.0. The number of benzene rings is 2. The number of rotatable bonds is 7. The average molecular weight is 407 g/mol. The monoisotopic (exact) mass is 406 g/mol. The molecule has 0 radical (unpaired) electrons. The second kappa shape index (κ2) is 8.80. The number of esters is 1. The Bertz CT molecular complexity index is 773. The van der Waals surface area contributed by atoms with Crippen LogP contribution in [-0.4, -0.2) is 29.9 Å². The molecule has 0 amide bonds. The van der Waals surface area contributed by atoms with E-state index in [9.17, 15) is 14.4 Å². The fraction of sp³-hybridized carbons (Fsp3) is 0.167. The Hall–Kier alpha value is -1.92. The van der Waals surface area contributed by atoms with Gasteiger partial charge in [0.05, 0.1) is 11.3 Å². The second-order valence-electron chi connectivity index (χ2n) is 5.00. The van der Waals surface area contributed by atoms with E-state index < -0.39 is 5.97 Å². The van der Waals surface area contributed by atoms with E-state index in [0.717, 1.165) is 4.47 Å². The van der Waals surface area contributed by atoms with E-state index in [-0.39, 0.29) is 23.9 Å². The Balaban J connectivity index is 2.02. The van der Waals surface area contributed by atoms with Crippen LogP contribution in [0.4, 0.5) is 0 Å². The molecular formula is C18H15BrO4S. The van der Waals surface area contributed by atoms with Gasteiger partial charge < -0.3 is 4.74 Å². The predicted octanol–water partition coefficient (Wildman–Crippen LogP) is 4.17. The summed E-state index contributed by atoms with van der Waals surface area (Å²) in [5.41, 5.74) is 0.821. The van der Waals surface area contributed by atoms with E-state index in [1.165, 1.54) is 18.7 Å². The summed E-state index contributed by atoms with van der Waals surface area (Å²) in [4.78, 5) is 36.1. The molecule has 124 valence electrons. The molecule has 0 N–H and O–H groups in total. The predicted molar refractivity (Wildman–Crippen MR) is 96.6 cm³/mol. The van der Waals surface area contributed by atoms with Gasteiger partial charge in [0.1, 0.15) is 5.78 Å². The summed E-state index contributed by atoms with van der Waals surface area (Å²) in [5.74, 6) is -0.558. The summed E-state index contributed by atoms with van der Waals surface area (Å²) in [6, 6.07) is 13.8. The summed E-state index contributed by atoms with van der Waals surface area (Å²) >= 11 is 4.57. The van der Waals surface area contributed by atoms with E-state index in [0.29, 0.717) is 16.0 Å². The van der Waals surface area contributed by atoms with Gasteiger partial charge in [0.15, 0.2) is 12.4 Å². The Morgan fingerprint density at radius 1 is 1.08 bits per heavy atom. The number of hydrogen-bond donors (Lipinski definition) is 0. The third-order valence-corrected chi connectivity index (χ3v) is 4.73. The third-order valence-electron chi connectivity index (χ3n) is 3.02. The molecule has 2 aromatic carbocycles. The largest absolute Gasteiger partial charge is 0.454 e. The molecule has 24 heavy (non-hydrogen) atoms. The van der Waals surface area contributed by atoms with E-state index in [4.69, 9.17) is 4.74 Å². The smallest absolute Gasteiger partial charge is 0.339 e. The van der Waals surface area contributed by atoms with Crippen molar-refractivity contribution in [1.82, 2.24) is 0 Å². The first-order valence-electron chi connectivity index (χ1n) is 7.14. The summed E-state index contributed by atoms with van der Waals surface area (Å²) in [6.07, 6.45) is 0. The highest BCUT2D eigenvalue weighted by Gasteiger charge is 2.15. The van der Waals surface area contributed by atoms with E-state index in [1.54, 1.807) is 42.5 Å². The van der Waals surface area contributed by atoms with Gasteiger partial charge in [-0.15, -0.1) is 11.8 Å². The molecule has 0 heterocycles. The van der Waals surface area contributed by atoms with Crippen molar-refractivity contribution in [3.05, 3.63) is 64.1 Å². The van der Waals surface area contributed by atoms with Crippen molar-refractivity contribution >= 4 is 45.2 Å². The highest BCUT2D eigenvalue weighted by Crippen LogP contribution is 2.23. The van der Waals surface area contributed by atoms with Gasteiger partial charge in [0, 0.05) is 14.9 Å². The number of hydrogen-bond acceptors (Lipinski definition) is 5. The molecule has 0 aliphatic heterocycles. The van der Waals surface area contributed by atoms with Gasteiger partial charge in [-0.05, 0) is 31.2 Å². The Kier molecular flexibility index (Phi) is 6.75. The highest BCUT2D eigenvalue weighted by molar-refractivity contribution is 9.10. The summed E-state index contributed by atoms with van der Waals surface area (Å²) < 4.78 is 5.91. The first kappa shape index (κ1) is 18.4. The maximum absolute atomic E-state index is 12.2. The maximum atomic E-state index is 12.2. The van der Waals surface area contributed by atoms with Crippen molar-refractivity contribution in [3.8, 4) is 0 Å². The summed E-state index contributed by atoms with van der Waals surface area (Å²) in [7, 11) is 0. The van der Waals surface area contributed by atoms with Crippen LogP contribution >= 0.6 is 27.7 Å². The number of halogens is 1. The fourth-order valence-corrected chi connectivity index (χ4v) is 3.13. The topological polar surface area (TPSA) is 60.4 Å². The van der Waals surface area contributed by atoms with Gasteiger partial charge in [-0.2, -0.15) is 0 Å². The van der Waals surface area contributed by atoms with Crippen molar-refractivity contribution < 1.29 is 19.1 Å². The van der Waals surface area contributed by atoms with Crippen LogP contribution in [0.3, 0.4) is 0 Å². The number of Topliss-reactive ketones (excluding diaryl/α,β-unsaturated/α-hetero) is 2. The Labute approximate surface area is 152 Å². The lowest BCUT2D eigenvalue weighted by Crippen LogP contribution is -2.15. The molecule has 0 aromatic heterocycles. The lowest BCUT2D eigenvalue weighted by molar-refractivity contribution is -0.114. The Morgan fingerprint density at radius 3 is 2.54 bits per heavy atom. The number of ketones is 2. The first-order valence-corrected chi connectivity index (χ1v) is 8.92. The zero-order valence-corrected chi connectivity index (χ0v) is 15.4. The van der Waals surface area contributed by atoms with Crippen LogP contribution in [0.1, 0.15) is 27.6 Å². The SMILES string of the molecule is CC(=O)CSc1ccccc1C(=O)OCC(=O)c1cccc(Br)c1. The normalized spacial score (nSPS) is 10.2.